The van der Waals surface area contributed by atoms with Gasteiger partial charge in [0.2, 0.25) is 0 Å². The van der Waals surface area contributed by atoms with Gasteiger partial charge in [-0.25, -0.2) is 0 Å². The van der Waals surface area contributed by atoms with Gasteiger partial charge in [0.05, 0.1) is 0 Å². The number of allylic oxidation sites excluding steroid dienone is 2. The number of rotatable bonds is 7. The molecule has 3 aliphatic carbocycles. The second-order valence-electron chi connectivity index (χ2n) is 12.2. The Hall–Kier alpha value is -1.48. The first-order chi connectivity index (χ1) is 16.7. The van der Waals surface area contributed by atoms with E-state index >= 15 is 0 Å². The van der Waals surface area contributed by atoms with Gasteiger partial charge in [-0.2, -0.15) is 0 Å². The normalized spacial score (nSPS) is 32.3. The van der Waals surface area contributed by atoms with Gasteiger partial charge in [0.1, 0.15) is 0 Å². The molecule has 3 aliphatic rings. The van der Waals surface area contributed by atoms with Crippen LogP contribution in [0.5, 0.6) is 0 Å². The minimum atomic E-state index is 0.757. The maximum Gasteiger partial charge on any atom is 0.0249 e. The average molecular weight is 459 g/mol. The van der Waals surface area contributed by atoms with Crippen LogP contribution in [0.15, 0.2) is 36.4 Å². The van der Waals surface area contributed by atoms with Crippen LogP contribution in [-0.2, 0) is 0 Å². The van der Waals surface area contributed by atoms with E-state index in [1.54, 1.807) is 0 Å². The number of benzene rings is 1. The van der Waals surface area contributed by atoms with Crippen molar-refractivity contribution in [3.8, 4) is 11.8 Å². The summed E-state index contributed by atoms with van der Waals surface area (Å²) in [5, 5.41) is 0. The highest BCUT2D eigenvalue weighted by Gasteiger charge is 2.29. The molecule has 0 radical (unpaired) electrons. The van der Waals surface area contributed by atoms with Crippen molar-refractivity contribution in [3.05, 3.63) is 47.5 Å². The standard InChI is InChI=1S/C34H50/c1-3-4-5-8-28-13-23-33(24-14-28)34-25-17-30(18-26-34)10-7-6-9-29-15-21-32(22-16-29)31-19-11-27(2)12-20-31/h6,9,17-18,25-29,31-33H,3-5,8,11-16,19-24H2,1-2H3/b9-6+/t27-,28-,29?,31-,32?,33-. The summed E-state index contributed by atoms with van der Waals surface area (Å²) in [6, 6.07) is 9.20. The molecular formula is C34H50. The molecule has 0 bridgehead atoms. The molecule has 0 nitrogen and oxygen atoms in total. The first kappa shape index (κ1) is 25.6. The number of hydrogen-bond acceptors (Lipinski definition) is 0. The van der Waals surface area contributed by atoms with Gasteiger partial charge in [0, 0.05) is 5.56 Å². The third kappa shape index (κ3) is 7.77. The largest absolute Gasteiger partial charge is 0.0730 e. The number of hydrogen-bond donors (Lipinski definition) is 0. The van der Waals surface area contributed by atoms with Gasteiger partial charge in [-0.3, -0.25) is 0 Å². The zero-order chi connectivity index (χ0) is 23.6. The quantitative estimate of drug-likeness (QED) is 0.281. The van der Waals surface area contributed by atoms with Crippen molar-refractivity contribution < 1.29 is 0 Å². The minimum Gasteiger partial charge on any atom is -0.0730 e. The molecule has 34 heavy (non-hydrogen) atoms. The van der Waals surface area contributed by atoms with E-state index in [1.807, 2.05) is 0 Å². The fraction of sp³-hybridized carbons (Fsp3) is 0.706. The second kappa shape index (κ2) is 13.6. The zero-order valence-electron chi connectivity index (χ0n) is 22.2. The van der Waals surface area contributed by atoms with Gasteiger partial charge >= 0.3 is 0 Å². The van der Waals surface area contributed by atoms with Crippen LogP contribution < -0.4 is 0 Å². The fourth-order valence-corrected chi connectivity index (χ4v) is 7.18. The highest BCUT2D eigenvalue weighted by molar-refractivity contribution is 5.39. The molecule has 1 aromatic carbocycles. The molecule has 0 amide bonds. The van der Waals surface area contributed by atoms with Crippen molar-refractivity contribution in [2.45, 2.75) is 122 Å². The summed E-state index contributed by atoms with van der Waals surface area (Å²) in [7, 11) is 0. The smallest absolute Gasteiger partial charge is 0.0249 e. The van der Waals surface area contributed by atoms with Crippen LogP contribution in [0.2, 0.25) is 0 Å². The highest BCUT2D eigenvalue weighted by atomic mass is 14.3. The van der Waals surface area contributed by atoms with Crippen LogP contribution in [-0.4, -0.2) is 0 Å². The third-order valence-corrected chi connectivity index (χ3v) is 9.66. The van der Waals surface area contributed by atoms with E-state index in [2.05, 4.69) is 62.1 Å². The third-order valence-electron chi connectivity index (χ3n) is 9.66. The van der Waals surface area contributed by atoms with Gasteiger partial charge in [0.15, 0.2) is 0 Å². The second-order valence-corrected chi connectivity index (χ2v) is 12.2. The van der Waals surface area contributed by atoms with Crippen LogP contribution in [0.4, 0.5) is 0 Å². The van der Waals surface area contributed by atoms with Gasteiger partial charge in [-0.1, -0.05) is 82.4 Å². The molecule has 186 valence electrons. The minimum absolute atomic E-state index is 0.757. The first-order valence-corrected chi connectivity index (χ1v) is 15.0. The van der Waals surface area contributed by atoms with E-state index in [9.17, 15) is 0 Å². The van der Waals surface area contributed by atoms with Crippen LogP contribution in [0.3, 0.4) is 0 Å². The summed E-state index contributed by atoms with van der Waals surface area (Å²) >= 11 is 0. The summed E-state index contributed by atoms with van der Waals surface area (Å²) in [4.78, 5) is 0. The van der Waals surface area contributed by atoms with Gasteiger partial charge in [-0.05, 0) is 123 Å². The molecule has 4 rings (SSSR count). The molecule has 0 aliphatic heterocycles. The van der Waals surface area contributed by atoms with Gasteiger partial charge < -0.3 is 0 Å². The molecule has 0 aromatic heterocycles. The zero-order valence-corrected chi connectivity index (χ0v) is 22.2. The Morgan fingerprint density at radius 2 is 1.41 bits per heavy atom. The van der Waals surface area contributed by atoms with E-state index < -0.39 is 0 Å². The lowest BCUT2D eigenvalue weighted by Crippen LogP contribution is -2.24. The Morgan fingerprint density at radius 1 is 0.765 bits per heavy atom. The maximum absolute atomic E-state index is 3.38. The molecule has 0 spiro atoms. The van der Waals surface area contributed by atoms with Crippen molar-refractivity contribution in [2.75, 3.05) is 0 Å². The van der Waals surface area contributed by atoms with Crippen LogP contribution in [0.25, 0.3) is 0 Å². The van der Waals surface area contributed by atoms with Crippen molar-refractivity contribution >= 4 is 0 Å². The molecule has 3 saturated carbocycles. The Kier molecular flexibility index (Phi) is 10.2. The summed E-state index contributed by atoms with van der Waals surface area (Å²) in [6.45, 7) is 4.75. The van der Waals surface area contributed by atoms with Crippen molar-refractivity contribution in [1.29, 1.82) is 0 Å². The topological polar surface area (TPSA) is 0 Å². The average Bonchev–Trinajstić information content (AvgIpc) is 2.88. The van der Waals surface area contributed by atoms with E-state index in [1.165, 1.54) is 108 Å². The molecule has 1 aromatic rings. The fourth-order valence-electron chi connectivity index (χ4n) is 7.18. The maximum atomic E-state index is 3.38. The summed E-state index contributed by atoms with van der Waals surface area (Å²) in [5.74, 6) is 12.2. The van der Waals surface area contributed by atoms with Crippen molar-refractivity contribution in [3.63, 3.8) is 0 Å². The van der Waals surface area contributed by atoms with Crippen LogP contribution in [0, 0.1) is 41.4 Å². The Bertz CT molecular complexity index is 779. The van der Waals surface area contributed by atoms with Crippen molar-refractivity contribution in [2.24, 2.45) is 29.6 Å². The Balaban J connectivity index is 1.17. The predicted molar refractivity (Wildman–Crippen MR) is 148 cm³/mol. The number of unbranched alkanes of at least 4 members (excludes halogenated alkanes) is 2. The summed E-state index contributed by atoms with van der Waals surface area (Å²) < 4.78 is 0. The molecule has 0 atom stereocenters. The predicted octanol–water partition coefficient (Wildman–Crippen LogP) is 10.1. The van der Waals surface area contributed by atoms with E-state index in [4.69, 9.17) is 0 Å². The molecule has 0 N–H and O–H groups in total. The SMILES string of the molecule is CCCCC[C@H]1CC[C@H](c2ccc(C#C/C=C/C3CCC([C@H]4CC[C@H](C)CC4)CC3)cc2)CC1. The molecule has 0 saturated heterocycles. The molecule has 3 fully saturated rings. The molecule has 0 heterocycles. The van der Waals surface area contributed by atoms with E-state index in [0.29, 0.717) is 0 Å². The molecule has 0 heteroatoms. The summed E-state index contributed by atoms with van der Waals surface area (Å²) in [6.07, 6.45) is 27.4. The lowest BCUT2D eigenvalue weighted by Gasteiger charge is -2.36. The summed E-state index contributed by atoms with van der Waals surface area (Å²) in [5.41, 5.74) is 2.70. The first-order valence-electron chi connectivity index (χ1n) is 15.0. The lowest BCUT2D eigenvalue weighted by molar-refractivity contribution is 0.160. The molecular weight excluding hydrogens is 408 g/mol. The Labute approximate surface area is 211 Å². The van der Waals surface area contributed by atoms with Crippen LogP contribution in [0.1, 0.15) is 134 Å². The van der Waals surface area contributed by atoms with Gasteiger partial charge in [0.25, 0.3) is 0 Å². The van der Waals surface area contributed by atoms with Crippen molar-refractivity contribution in [1.82, 2.24) is 0 Å². The van der Waals surface area contributed by atoms with E-state index in [0.717, 1.165) is 41.1 Å². The monoisotopic (exact) mass is 458 g/mol. The highest BCUT2D eigenvalue weighted by Crippen LogP contribution is 2.41. The Morgan fingerprint density at radius 3 is 2.06 bits per heavy atom. The molecule has 0 unspecified atom stereocenters. The van der Waals surface area contributed by atoms with E-state index in [-0.39, 0.29) is 0 Å². The van der Waals surface area contributed by atoms with Gasteiger partial charge in [-0.15, -0.1) is 0 Å². The lowest BCUT2D eigenvalue weighted by atomic mass is 9.69. The van der Waals surface area contributed by atoms with Crippen LogP contribution >= 0.6 is 0 Å².